The molecule has 0 aliphatic rings. The summed E-state index contributed by atoms with van der Waals surface area (Å²) in [7, 11) is 0. The molecule has 0 aliphatic heterocycles. The molecular weight excluding hydrogens is 435 g/mol. The van der Waals surface area contributed by atoms with E-state index in [1.165, 1.54) is 12.1 Å². The van der Waals surface area contributed by atoms with Gasteiger partial charge in [0.15, 0.2) is 0 Å². The first-order valence-electron chi connectivity index (χ1n) is 8.01. The number of aromatic nitrogens is 2. The molecule has 138 valence electrons. The lowest BCUT2D eigenvalue weighted by molar-refractivity contribution is -0.120. The molecule has 0 saturated carbocycles. The van der Waals surface area contributed by atoms with Crippen LogP contribution in [0.3, 0.4) is 0 Å². The number of hydrogen-bond acceptors (Lipinski definition) is 4. The van der Waals surface area contributed by atoms with Crippen LogP contribution in [0.1, 0.15) is 11.3 Å². The number of rotatable bonds is 5. The number of nitrogens with one attached hydrogen (secondary N) is 1. The molecule has 1 amide bonds. The summed E-state index contributed by atoms with van der Waals surface area (Å²) < 4.78 is 13.7. The number of carbonyl (C=O) groups is 1. The first-order valence-corrected chi connectivity index (χ1v) is 9.18. The lowest BCUT2D eigenvalue weighted by Gasteiger charge is -2.11. The van der Waals surface area contributed by atoms with Crippen molar-refractivity contribution in [2.75, 3.05) is 5.73 Å². The smallest absolute Gasteiger partial charge is 0.224 e. The normalized spacial score (nSPS) is 10.6. The molecule has 1 aromatic heterocycles. The van der Waals surface area contributed by atoms with E-state index in [-0.39, 0.29) is 30.6 Å². The van der Waals surface area contributed by atoms with E-state index in [1.54, 1.807) is 30.3 Å². The Morgan fingerprint density at radius 1 is 1.19 bits per heavy atom. The van der Waals surface area contributed by atoms with E-state index in [4.69, 9.17) is 17.3 Å². The second-order valence-corrected chi connectivity index (χ2v) is 7.01. The van der Waals surface area contributed by atoms with E-state index in [9.17, 15) is 9.18 Å². The molecule has 0 fully saturated rings. The summed E-state index contributed by atoms with van der Waals surface area (Å²) in [6.45, 7) is 0.168. The van der Waals surface area contributed by atoms with E-state index in [1.807, 2.05) is 6.07 Å². The highest BCUT2D eigenvalue weighted by atomic mass is 79.9. The molecule has 0 radical (unpaired) electrons. The molecule has 0 atom stereocenters. The number of nitrogens with two attached hydrogens (primary N) is 1. The summed E-state index contributed by atoms with van der Waals surface area (Å²) in [6.07, 6.45) is 0.198. The number of hydrogen-bond donors (Lipinski definition) is 2. The molecule has 1 heterocycles. The zero-order chi connectivity index (χ0) is 19.4. The predicted molar refractivity (Wildman–Crippen MR) is 107 cm³/mol. The zero-order valence-electron chi connectivity index (χ0n) is 14.0. The standard InChI is InChI=1S/C19H15BrClFN4O/c20-17-15(10-24-16(27)9-11-2-1-3-13(21)8-11)25-19(23)26-18(17)12-4-6-14(22)7-5-12/h1-8H,9-10H2,(H,24,27)(H2,23,25,26). The molecule has 3 rings (SSSR count). The minimum atomic E-state index is -0.342. The summed E-state index contributed by atoms with van der Waals surface area (Å²) >= 11 is 9.39. The van der Waals surface area contributed by atoms with Gasteiger partial charge in [0, 0.05) is 10.6 Å². The van der Waals surface area contributed by atoms with Crippen LogP contribution in [0.2, 0.25) is 5.02 Å². The highest BCUT2D eigenvalue weighted by Crippen LogP contribution is 2.29. The SMILES string of the molecule is Nc1nc(CNC(=O)Cc2cccc(Cl)c2)c(Br)c(-c2ccc(F)cc2)n1. The van der Waals surface area contributed by atoms with E-state index in [0.29, 0.717) is 26.4 Å². The Kier molecular flexibility index (Phi) is 6.03. The van der Waals surface area contributed by atoms with Crippen molar-refractivity contribution in [1.29, 1.82) is 0 Å². The van der Waals surface area contributed by atoms with Crippen LogP contribution in [0, 0.1) is 5.82 Å². The van der Waals surface area contributed by atoms with Crippen molar-refractivity contribution in [3.63, 3.8) is 0 Å². The van der Waals surface area contributed by atoms with Crippen molar-refractivity contribution >= 4 is 39.4 Å². The summed E-state index contributed by atoms with van der Waals surface area (Å²) in [5.74, 6) is -0.452. The Bertz CT molecular complexity index is 982. The average molecular weight is 450 g/mol. The van der Waals surface area contributed by atoms with Gasteiger partial charge in [-0.05, 0) is 57.9 Å². The van der Waals surface area contributed by atoms with Crippen LogP contribution in [0.25, 0.3) is 11.3 Å². The van der Waals surface area contributed by atoms with Crippen molar-refractivity contribution in [2.45, 2.75) is 13.0 Å². The third kappa shape index (κ3) is 5.02. The molecule has 27 heavy (non-hydrogen) atoms. The molecular formula is C19H15BrClFN4O. The van der Waals surface area contributed by atoms with Gasteiger partial charge in [0.1, 0.15) is 5.82 Å². The Balaban J connectivity index is 1.75. The fraction of sp³-hybridized carbons (Fsp3) is 0.105. The summed E-state index contributed by atoms with van der Waals surface area (Å²) in [6, 6.07) is 13.0. The van der Waals surface area contributed by atoms with Crippen molar-refractivity contribution in [2.24, 2.45) is 0 Å². The van der Waals surface area contributed by atoms with Gasteiger partial charge < -0.3 is 11.1 Å². The fourth-order valence-electron chi connectivity index (χ4n) is 2.51. The van der Waals surface area contributed by atoms with Crippen LogP contribution in [0.5, 0.6) is 0 Å². The summed E-state index contributed by atoms with van der Waals surface area (Å²) in [5, 5.41) is 3.38. The lowest BCUT2D eigenvalue weighted by atomic mass is 10.1. The van der Waals surface area contributed by atoms with Crippen molar-refractivity contribution in [3.8, 4) is 11.3 Å². The number of halogens is 3. The second kappa shape index (κ2) is 8.45. The minimum absolute atomic E-state index is 0.0663. The summed E-state index contributed by atoms with van der Waals surface area (Å²) in [4.78, 5) is 20.6. The van der Waals surface area contributed by atoms with Crippen molar-refractivity contribution in [1.82, 2.24) is 15.3 Å². The Morgan fingerprint density at radius 3 is 2.63 bits per heavy atom. The molecule has 0 unspecified atom stereocenters. The third-order valence-corrected chi connectivity index (χ3v) is 4.83. The van der Waals surface area contributed by atoms with Crippen LogP contribution < -0.4 is 11.1 Å². The molecule has 0 spiro atoms. The quantitative estimate of drug-likeness (QED) is 0.613. The van der Waals surface area contributed by atoms with Gasteiger partial charge in [-0.25, -0.2) is 14.4 Å². The average Bonchev–Trinajstić information content (AvgIpc) is 2.63. The molecule has 3 N–H and O–H groups in total. The molecule has 3 aromatic rings. The van der Waals surface area contributed by atoms with Gasteiger partial charge in [0.25, 0.3) is 0 Å². The number of nitrogen functional groups attached to an aromatic ring is 1. The number of carbonyl (C=O) groups excluding carboxylic acids is 1. The predicted octanol–water partition coefficient (Wildman–Crippen LogP) is 4.14. The fourth-order valence-corrected chi connectivity index (χ4v) is 3.27. The second-order valence-electron chi connectivity index (χ2n) is 5.78. The van der Waals surface area contributed by atoms with Crippen LogP contribution in [0.15, 0.2) is 53.0 Å². The first-order chi connectivity index (χ1) is 12.9. The van der Waals surface area contributed by atoms with Gasteiger partial charge in [-0.3, -0.25) is 4.79 Å². The number of anilines is 1. The van der Waals surface area contributed by atoms with E-state index in [2.05, 4.69) is 31.2 Å². The van der Waals surface area contributed by atoms with Gasteiger partial charge in [-0.1, -0.05) is 23.7 Å². The maximum Gasteiger partial charge on any atom is 0.224 e. The Hall–Kier alpha value is -2.51. The topological polar surface area (TPSA) is 80.9 Å². The third-order valence-electron chi connectivity index (χ3n) is 3.76. The largest absolute Gasteiger partial charge is 0.368 e. The zero-order valence-corrected chi connectivity index (χ0v) is 16.4. The Morgan fingerprint density at radius 2 is 1.93 bits per heavy atom. The monoisotopic (exact) mass is 448 g/mol. The van der Waals surface area contributed by atoms with Crippen LogP contribution >= 0.6 is 27.5 Å². The van der Waals surface area contributed by atoms with Gasteiger partial charge in [-0.15, -0.1) is 0 Å². The highest BCUT2D eigenvalue weighted by molar-refractivity contribution is 9.10. The minimum Gasteiger partial charge on any atom is -0.368 e. The molecule has 0 saturated heterocycles. The number of amides is 1. The maximum atomic E-state index is 13.2. The summed E-state index contributed by atoms with van der Waals surface area (Å²) in [5.41, 5.74) is 8.35. The van der Waals surface area contributed by atoms with Gasteiger partial charge in [0.05, 0.1) is 28.8 Å². The van der Waals surface area contributed by atoms with E-state index in [0.717, 1.165) is 5.56 Å². The first kappa shape index (κ1) is 19.3. The molecule has 0 aliphatic carbocycles. The van der Waals surface area contributed by atoms with Crippen LogP contribution in [0.4, 0.5) is 10.3 Å². The highest BCUT2D eigenvalue weighted by Gasteiger charge is 2.14. The molecule has 5 nitrogen and oxygen atoms in total. The van der Waals surface area contributed by atoms with Gasteiger partial charge >= 0.3 is 0 Å². The molecule has 8 heteroatoms. The van der Waals surface area contributed by atoms with E-state index >= 15 is 0 Å². The van der Waals surface area contributed by atoms with Crippen molar-refractivity contribution < 1.29 is 9.18 Å². The maximum absolute atomic E-state index is 13.2. The lowest BCUT2D eigenvalue weighted by Crippen LogP contribution is -2.25. The Labute approximate surface area is 168 Å². The van der Waals surface area contributed by atoms with E-state index < -0.39 is 0 Å². The van der Waals surface area contributed by atoms with Crippen LogP contribution in [-0.2, 0) is 17.8 Å². The van der Waals surface area contributed by atoms with Crippen molar-refractivity contribution in [3.05, 3.63) is 75.1 Å². The number of nitrogens with zero attached hydrogens (tertiary/aromatic N) is 2. The molecule has 0 bridgehead atoms. The van der Waals surface area contributed by atoms with Gasteiger partial charge in [0.2, 0.25) is 11.9 Å². The van der Waals surface area contributed by atoms with Gasteiger partial charge in [-0.2, -0.15) is 0 Å². The number of benzene rings is 2. The molecule has 2 aromatic carbocycles. The van der Waals surface area contributed by atoms with Crippen LogP contribution in [-0.4, -0.2) is 15.9 Å².